The molecule has 1 amide bonds. The average molecular weight is 538 g/mol. The lowest BCUT2D eigenvalue weighted by Gasteiger charge is -2.11. The number of hydrazone groups is 1. The van der Waals surface area contributed by atoms with Crippen LogP contribution in [0.1, 0.15) is 22.8 Å². The van der Waals surface area contributed by atoms with Crippen molar-refractivity contribution >= 4 is 48.7 Å². The Morgan fingerprint density at radius 2 is 1.91 bits per heavy atom. The van der Waals surface area contributed by atoms with Gasteiger partial charge in [-0.2, -0.15) is 5.10 Å². The highest BCUT2D eigenvalue weighted by Gasteiger charge is 2.20. The van der Waals surface area contributed by atoms with Gasteiger partial charge in [-0.25, -0.2) is 27.0 Å². The number of aromatic nitrogens is 1. The fourth-order valence-corrected chi connectivity index (χ4v) is 5.92. The van der Waals surface area contributed by atoms with Gasteiger partial charge >= 0.3 is 0 Å². The third-order valence-electron chi connectivity index (χ3n) is 4.56. The van der Waals surface area contributed by atoms with E-state index >= 15 is 0 Å². The zero-order valence-corrected chi connectivity index (χ0v) is 21.2. The van der Waals surface area contributed by atoms with E-state index < -0.39 is 26.0 Å². The monoisotopic (exact) mass is 537 g/mol. The minimum atomic E-state index is -3.87. The maximum Gasteiger partial charge on any atom is 0.275 e. The van der Waals surface area contributed by atoms with Crippen molar-refractivity contribution in [2.24, 2.45) is 5.10 Å². The Kier molecular flexibility index (Phi) is 8.69. The zero-order chi connectivity index (χ0) is 25.5. The van der Waals surface area contributed by atoms with Crippen molar-refractivity contribution in [2.45, 2.75) is 16.0 Å². The first kappa shape index (κ1) is 26.4. The summed E-state index contributed by atoms with van der Waals surface area (Å²) in [7, 11) is -6.15. The number of sulfonamides is 2. The number of thiophene rings is 1. The smallest absolute Gasteiger partial charge is 0.275 e. The van der Waals surface area contributed by atoms with E-state index in [1.165, 1.54) is 43.8 Å². The molecular formula is C21H23N5O6S3. The number of anilines is 1. The van der Waals surface area contributed by atoms with Crippen molar-refractivity contribution in [3.05, 3.63) is 71.4 Å². The average Bonchev–Trinajstić information content (AvgIpc) is 3.39. The van der Waals surface area contributed by atoms with E-state index in [-0.39, 0.29) is 33.5 Å². The number of benzene rings is 1. The van der Waals surface area contributed by atoms with Crippen LogP contribution < -0.4 is 14.9 Å². The number of carbonyl (C=O) groups excluding carboxylic acids is 1. The summed E-state index contributed by atoms with van der Waals surface area (Å²) >= 11 is 1.04. The van der Waals surface area contributed by atoms with Crippen molar-refractivity contribution in [2.75, 3.05) is 25.0 Å². The summed E-state index contributed by atoms with van der Waals surface area (Å²) < 4.78 is 59.7. The van der Waals surface area contributed by atoms with Gasteiger partial charge in [0.25, 0.3) is 15.9 Å². The maximum absolute atomic E-state index is 12.7. The molecule has 0 spiro atoms. The summed E-state index contributed by atoms with van der Waals surface area (Å²) in [5.74, 6) is -0.702. The summed E-state index contributed by atoms with van der Waals surface area (Å²) in [5.41, 5.74) is 3.14. The van der Waals surface area contributed by atoms with Gasteiger partial charge in [-0.05, 0) is 42.1 Å². The summed E-state index contributed by atoms with van der Waals surface area (Å²) in [6, 6.07) is 10.5. The molecule has 3 rings (SSSR count). The van der Waals surface area contributed by atoms with Crippen molar-refractivity contribution in [1.82, 2.24) is 15.1 Å². The number of nitrogens with zero attached hydrogens (tertiary/aromatic N) is 2. The molecule has 14 heteroatoms. The van der Waals surface area contributed by atoms with Crippen LogP contribution in [0.4, 0.5) is 5.69 Å². The Morgan fingerprint density at radius 3 is 2.63 bits per heavy atom. The lowest BCUT2D eigenvalue weighted by Crippen LogP contribution is -2.27. The Hall–Kier alpha value is -3.17. The van der Waals surface area contributed by atoms with Crippen LogP contribution in [-0.4, -0.2) is 53.7 Å². The third kappa shape index (κ3) is 6.93. The normalized spacial score (nSPS) is 12.3. The molecule has 0 atom stereocenters. The predicted molar refractivity (Wildman–Crippen MR) is 133 cm³/mol. The molecular weight excluding hydrogens is 514 g/mol. The second kappa shape index (κ2) is 11.5. The molecule has 0 aliphatic rings. The van der Waals surface area contributed by atoms with Crippen LogP contribution in [0.3, 0.4) is 0 Å². The summed E-state index contributed by atoms with van der Waals surface area (Å²) in [6.45, 7) is 1.94. The molecule has 35 heavy (non-hydrogen) atoms. The maximum atomic E-state index is 12.7. The number of hydrogen-bond acceptors (Lipinski definition) is 9. The number of carbonyl (C=O) groups is 1. The van der Waals surface area contributed by atoms with Gasteiger partial charge < -0.3 is 4.74 Å². The van der Waals surface area contributed by atoms with Gasteiger partial charge in [0, 0.05) is 26.0 Å². The van der Waals surface area contributed by atoms with Crippen LogP contribution in [0.25, 0.3) is 0 Å². The van der Waals surface area contributed by atoms with E-state index in [4.69, 9.17) is 4.74 Å². The third-order valence-corrected chi connectivity index (χ3v) is 8.78. The summed E-state index contributed by atoms with van der Waals surface area (Å²) in [4.78, 5) is 16.7. The molecule has 0 saturated heterocycles. The fourth-order valence-electron chi connectivity index (χ4n) is 2.78. The van der Waals surface area contributed by atoms with Crippen LogP contribution in [0, 0.1) is 0 Å². The molecule has 0 aliphatic carbocycles. The minimum Gasteiger partial charge on any atom is -0.383 e. The lowest BCUT2D eigenvalue weighted by molar-refractivity contribution is 0.0955. The molecule has 0 radical (unpaired) electrons. The Balaban J connectivity index is 1.76. The first-order valence-corrected chi connectivity index (χ1v) is 13.9. The van der Waals surface area contributed by atoms with Gasteiger partial charge in [-0.1, -0.05) is 18.2 Å². The molecule has 0 aliphatic heterocycles. The SMILES string of the molecule is COCCNS(=O)(=O)c1cccc(/C(C)=N/NC(=O)c2cnccc2NS(=O)(=O)c2cccs2)c1. The molecule has 2 aromatic heterocycles. The minimum absolute atomic E-state index is 0.0320. The van der Waals surface area contributed by atoms with E-state index in [1.54, 1.807) is 30.5 Å². The van der Waals surface area contributed by atoms with E-state index in [1.807, 2.05) is 0 Å². The van der Waals surface area contributed by atoms with E-state index in [0.717, 1.165) is 11.3 Å². The lowest BCUT2D eigenvalue weighted by atomic mass is 10.1. The highest BCUT2D eigenvalue weighted by Crippen LogP contribution is 2.22. The van der Waals surface area contributed by atoms with E-state index in [0.29, 0.717) is 11.3 Å². The van der Waals surface area contributed by atoms with Crippen LogP contribution in [-0.2, 0) is 24.8 Å². The van der Waals surface area contributed by atoms with Crippen molar-refractivity contribution in [3.63, 3.8) is 0 Å². The van der Waals surface area contributed by atoms with Crippen LogP contribution >= 0.6 is 11.3 Å². The summed E-state index contributed by atoms with van der Waals surface area (Å²) in [5, 5.41) is 5.66. The second-order valence-electron chi connectivity index (χ2n) is 7.02. The molecule has 0 fully saturated rings. The number of amides is 1. The quantitative estimate of drug-likeness (QED) is 0.192. The van der Waals surface area contributed by atoms with Gasteiger partial charge in [-0.3, -0.25) is 14.5 Å². The fraction of sp³-hybridized carbons (Fsp3) is 0.190. The molecule has 1 aromatic carbocycles. The topological polar surface area (TPSA) is 156 Å². The largest absolute Gasteiger partial charge is 0.383 e. The Morgan fingerprint density at radius 1 is 1.11 bits per heavy atom. The van der Waals surface area contributed by atoms with Gasteiger partial charge in [0.1, 0.15) is 4.21 Å². The van der Waals surface area contributed by atoms with E-state index in [9.17, 15) is 21.6 Å². The predicted octanol–water partition coefficient (Wildman–Crippen LogP) is 2.02. The Bertz CT molecular complexity index is 1420. The van der Waals surface area contributed by atoms with E-state index in [2.05, 4.69) is 25.0 Å². The molecule has 3 N–H and O–H groups in total. The van der Waals surface area contributed by atoms with Gasteiger partial charge in [0.15, 0.2) is 0 Å². The number of ether oxygens (including phenoxy) is 1. The molecule has 3 aromatic rings. The van der Waals surface area contributed by atoms with Crippen molar-refractivity contribution < 1.29 is 26.4 Å². The molecule has 11 nitrogen and oxygen atoms in total. The van der Waals surface area contributed by atoms with Crippen molar-refractivity contribution in [1.29, 1.82) is 0 Å². The molecule has 186 valence electrons. The number of hydrogen-bond donors (Lipinski definition) is 3. The van der Waals surface area contributed by atoms with Crippen LogP contribution in [0.15, 0.2) is 74.4 Å². The van der Waals surface area contributed by atoms with Crippen LogP contribution in [0.2, 0.25) is 0 Å². The second-order valence-corrected chi connectivity index (χ2v) is 11.6. The Labute approximate surface area is 207 Å². The number of nitrogens with one attached hydrogen (secondary N) is 3. The summed E-state index contributed by atoms with van der Waals surface area (Å²) in [6.07, 6.45) is 2.57. The van der Waals surface area contributed by atoms with Gasteiger partial charge in [-0.15, -0.1) is 11.3 Å². The first-order valence-electron chi connectivity index (χ1n) is 10.1. The standard InChI is InChI=1S/C21H23N5O6S3/c1-15(16-5-3-6-17(13-16)34(28,29)23-10-11-32-2)24-25-21(27)18-14-22-9-8-19(18)26-35(30,31)20-7-4-12-33-20/h3-9,12-14,23H,10-11H2,1-2H3,(H,22,26)(H,25,27)/b24-15+. The molecule has 0 bridgehead atoms. The molecule has 0 unspecified atom stereocenters. The molecule has 2 heterocycles. The van der Waals surface area contributed by atoms with Crippen LogP contribution in [0.5, 0.6) is 0 Å². The molecule has 0 saturated carbocycles. The highest BCUT2D eigenvalue weighted by molar-refractivity contribution is 7.94. The first-order chi connectivity index (χ1) is 16.6. The highest BCUT2D eigenvalue weighted by atomic mass is 32.2. The zero-order valence-electron chi connectivity index (χ0n) is 18.8. The number of methoxy groups -OCH3 is 1. The van der Waals surface area contributed by atoms with Gasteiger partial charge in [0.05, 0.1) is 28.5 Å². The van der Waals surface area contributed by atoms with Gasteiger partial charge in [0.2, 0.25) is 10.0 Å². The number of rotatable bonds is 11. The number of pyridine rings is 1. The van der Waals surface area contributed by atoms with Crippen molar-refractivity contribution in [3.8, 4) is 0 Å².